The molecular formula is C11H22N2O3. The molecule has 0 aromatic heterocycles. The molecule has 0 aliphatic rings. The summed E-state index contributed by atoms with van der Waals surface area (Å²) in [6.45, 7) is 6.23. The van der Waals surface area contributed by atoms with E-state index in [-0.39, 0.29) is 11.9 Å². The second-order valence-electron chi connectivity index (χ2n) is 4.28. The second kappa shape index (κ2) is 7.09. The van der Waals surface area contributed by atoms with E-state index < -0.39 is 12.0 Å². The minimum atomic E-state index is -0.993. The van der Waals surface area contributed by atoms with Crippen LogP contribution in [0.25, 0.3) is 0 Å². The number of carboxylic acid groups (broad SMARTS) is 1. The van der Waals surface area contributed by atoms with Gasteiger partial charge in [-0.05, 0) is 12.3 Å². The van der Waals surface area contributed by atoms with Gasteiger partial charge in [-0.1, -0.05) is 27.2 Å². The van der Waals surface area contributed by atoms with E-state index in [1.54, 1.807) is 20.9 Å². The molecule has 1 atom stereocenters. The van der Waals surface area contributed by atoms with Gasteiger partial charge in [0.05, 0.1) is 0 Å². The molecule has 1 unspecified atom stereocenters. The van der Waals surface area contributed by atoms with Crippen LogP contribution in [0.3, 0.4) is 0 Å². The number of hydrogen-bond donors (Lipinski definition) is 2. The Labute approximate surface area is 96.8 Å². The van der Waals surface area contributed by atoms with Crippen molar-refractivity contribution in [1.29, 1.82) is 0 Å². The van der Waals surface area contributed by atoms with Crippen LogP contribution in [0.1, 0.15) is 33.6 Å². The SMILES string of the molecule is CCCCN(C)C(=O)NC(C(=O)O)C(C)C. The fourth-order valence-corrected chi connectivity index (χ4v) is 1.25. The molecule has 0 aliphatic carbocycles. The first-order valence-corrected chi connectivity index (χ1v) is 5.64. The average Bonchev–Trinajstić information content (AvgIpc) is 2.20. The van der Waals surface area contributed by atoms with Crippen molar-refractivity contribution in [2.45, 2.75) is 39.7 Å². The maximum atomic E-state index is 11.6. The Morgan fingerprint density at radius 3 is 2.31 bits per heavy atom. The molecule has 0 radical (unpaired) electrons. The first-order chi connectivity index (χ1) is 7.40. The van der Waals surface area contributed by atoms with E-state index in [1.165, 1.54) is 4.90 Å². The van der Waals surface area contributed by atoms with Gasteiger partial charge in [-0.15, -0.1) is 0 Å². The quantitative estimate of drug-likeness (QED) is 0.727. The third-order valence-electron chi connectivity index (χ3n) is 2.41. The normalized spacial score (nSPS) is 12.3. The molecule has 0 aromatic carbocycles. The lowest BCUT2D eigenvalue weighted by Crippen LogP contribution is -2.49. The molecule has 0 spiro atoms. The molecule has 5 heteroatoms. The fourth-order valence-electron chi connectivity index (χ4n) is 1.25. The zero-order valence-electron chi connectivity index (χ0n) is 10.5. The zero-order chi connectivity index (χ0) is 12.7. The topological polar surface area (TPSA) is 69.6 Å². The molecule has 16 heavy (non-hydrogen) atoms. The summed E-state index contributed by atoms with van der Waals surface area (Å²) < 4.78 is 0. The van der Waals surface area contributed by atoms with Crippen LogP contribution >= 0.6 is 0 Å². The molecule has 0 aromatic rings. The lowest BCUT2D eigenvalue weighted by Gasteiger charge is -2.23. The number of hydrogen-bond acceptors (Lipinski definition) is 2. The number of nitrogens with one attached hydrogen (secondary N) is 1. The van der Waals surface area contributed by atoms with Crippen molar-refractivity contribution in [3.63, 3.8) is 0 Å². The van der Waals surface area contributed by atoms with Crippen LogP contribution in [0.5, 0.6) is 0 Å². The first kappa shape index (κ1) is 14.7. The van der Waals surface area contributed by atoms with Crippen molar-refractivity contribution in [3.8, 4) is 0 Å². The minimum absolute atomic E-state index is 0.124. The van der Waals surface area contributed by atoms with Gasteiger partial charge in [0.1, 0.15) is 6.04 Å². The smallest absolute Gasteiger partial charge is 0.326 e. The highest BCUT2D eigenvalue weighted by molar-refractivity contribution is 5.82. The van der Waals surface area contributed by atoms with Crippen LogP contribution in [0.15, 0.2) is 0 Å². The third kappa shape index (κ3) is 5.00. The molecule has 0 bridgehead atoms. The van der Waals surface area contributed by atoms with E-state index in [0.29, 0.717) is 6.54 Å². The molecule has 2 amide bonds. The van der Waals surface area contributed by atoms with Crippen molar-refractivity contribution in [2.24, 2.45) is 5.92 Å². The number of carbonyl (C=O) groups excluding carboxylic acids is 1. The molecule has 0 saturated heterocycles. The monoisotopic (exact) mass is 230 g/mol. The Bertz CT molecular complexity index is 241. The molecular weight excluding hydrogens is 208 g/mol. The number of carboxylic acids is 1. The number of amides is 2. The van der Waals surface area contributed by atoms with Crippen molar-refractivity contribution in [1.82, 2.24) is 10.2 Å². The molecule has 94 valence electrons. The number of aliphatic carboxylic acids is 1. The van der Waals surface area contributed by atoms with Gasteiger partial charge >= 0.3 is 12.0 Å². The van der Waals surface area contributed by atoms with Crippen LogP contribution in [0.4, 0.5) is 4.79 Å². The number of urea groups is 1. The van der Waals surface area contributed by atoms with E-state index in [0.717, 1.165) is 12.8 Å². The van der Waals surface area contributed by atoms with Crippen LogP contribution in [0.2, 0.25) is 0 Å². The molecule has 0 aliphatic heterocycles. The van der Waals surface area contributed by atoms with Gasteiger partial charge in [-0.3, -0.25) is 0 Å². The van der Waals surface area contributed by atoms with Crippen LogP contribution < -0.4 is 5.32 Å². The van der Waals surface area contributed by atoms with Crippen LogP contribution in [-0.2, 0) is 4.79 Å². The predicted molar refractivity (Wildman–Crippen MR) is 62.3 cm³/mol. The summed E-state index contributed by atoms with van der Waals surface area (Å²) in [5.74, 6) is -1.12. The summed E-state index contributed by atoms with van der Waals surface area (Å²) in [7, 11) is 1.67. The highest BCUT2D eigenvalue weighted by Gasteiger charge is 2.24. The van der Waals surface area contributed by atoms with E-state index in [4.69, 9.17) is 5.11 Å². The molecule has 5 nitrogen and oxygen atoms in total. The van der Waals surface area contributed by atoms with Crippen LogP contribution in [0, 0.1) is 5.92 Å². The van der Waals surface area contributed by atoms with Gasteiger partial charge in [0.2, 0.25) is 0 Å². The Balaban J connectivity index is 4.24. The number of unbranched alkanes of at least 4 members (excludes halogenated alkanes) is 1. The zero-order valence-corrected chi connectivity index (χ0v) is 10.5. The van der Waals surface area contributed by atoms with Gasteiger partial charge < -0.3 is 15.3 Å². The molecule has 2 N–H and O–H groups in total. The van der Waals surface area contributed by atoms with E-state index in [2.05, 4.69) is 5.32 Å². The summed E-state index contributed by atoms with van der Waals surface area (Å²) in [5.41, 5.74) is 0. The molecule has 0 rings (SSSR count). The molecule has 0 heterocycles. The molecule has 0 saturated carbocycles. The summed E-state index contributed by atoms with van der Waals surface area (Å²) in [6, 6.07) is -1.15. The number of nitrogens with zero attached hydrogens (tertiary/aromatic N) is 1. The van der Waals surface area contributed by atoms with Gasteiger partial charge in [0.15, 0.2) is 0 Å². The number of rotatable bonds is 6. The Hall–Kier alpha value is -1.26. The van der Waals surface area contributed by atoms with Gasteiger partial charge in [-0.2, -0.15) is 0 Å². The van der Waals surface area contributed by atoms with E-state index in [1.807, 2.05) is 6.92 Å². The van der Waals surface area contributed by atoms with E-state index >= 15 is 0 Å². The van der Waals surface area contributed by atoms with Crippen molar-refractivity contribution < 1.29 is 14.7 Å². The Kier molecular flexibility index (Phi) is 6.53. The van der Waals surface area contributed by atoms with E-state index in [9.17, 15) is 9.59 Å². The van der Waals surface area contributed by atoms with Gasteiger partial charge in [0, 0.05) is 13.6 Å². The average molecular weight is 230 g/mol. The van der Waals surface area contributed by atoms with Gasteiger partial charge in [0.25, 0.3) is 0 Å². The molecule has 0 fully saturated rings. The standard InChI is InChI=1S/C11H22N2O3/c1-5-6-7-13(4)11(16)12-9(8(2)3)10(14)15/h8-9H,5-7H2,1-4H3,(H,12,16)(H,14,15). The summed E-state index contributed by atoms with van der Waals surface area (Å²) in [5, 5.41) is 11.4. The lowest BCUT2D eigenvalue weighted by molar-refractivity contribution is -0.140. The summed E-state index contributed by atoms with van der Waals surface area (Å²) >= 11 is 0. The third-order valence-corrected chi connectivity index (χ3v) is 2.41. The summed E-state index contributed by atoms with van der Waals surface area (Å²) in [6.07, 6.45) is 1.92. The van der Waals surface area contributed by atoms with Crippen molar-refractivity contribution in [2.75, 3.05) is 13.6 Å². The van der Waals surface area contributed by atoms with Gasteiger partial charge in [-0.25, -0.2) is 9.59 Å². The summed E-state index contributed by atoms with van der Waals surface area (Å²) in [4.78, 5) is 24.0. The number of carbonyl (C=O) groups is 2. The fraction of sp³-hybridized carbons (Fsp3) is 0.818. The Morgan fingerprint density at radius 1 is 1.38 bits per heavy atom. The van der Waals surface area contributed by atoms with Crippen LogP contribution in [-0.4, -0.2) is 41.6 Å². The van der Waals surface area contributed by atoms with Crippen molar-refractivity contribution >= 4 is 12.0 Å². The maximum absolute atomic E-state index is 11.6. The van der Waals surface area contributed by atoms with Crippen molar-refractivity contribution in [3.05, 3.63) is 0 Å². The Morgan fingerprint density at radius 2 is 1.94 bits per heavy atom. The highest BCUT2D eigenvalue weighted by atomic mass is 16.4. The second-order valence-corrected chi connectivity index (χ2v) is 4.28. The predicted octanol–water partition coefficient (Wildman–Crippen LogP) is 1.54. The maximum Gasteiger partial charge on any atom is 0.326 e. The lowest BCUT2D eigenvalue weighted by atomic mass is 10.1. The highest BCUT2D eigenvalue weighted by Crippen LogP contribution is 2.03. The minimum Gasteiger partial charge on any atom is -0.480 e. The largest absolute Gasteiger partial charge is 0.480 e. The first-order valence-electron chi connectivity index (χ1n) is 5.64.